The molecule has 0 spiro atoms. The summed E-state index contributed by atoms with van der Waals surface area (Å²) in [5.41, 5.74) is 2.02. The van der Waals surface area contributed by atoms with E-state index >= 15 is 0 Å². The van der Waals surface area contributed by atoms with Gasteiger partial charge in [-0.1, -0.05) is 29.3 Å². The predicted octanol–water partition coefficient (Wildman–Crippen LogP) is 3.71. The summed E-state index contributed by atoms with van der Waals surface area (Å²) in [6.45, 7) is 4.61. The van der Waals surface area contributed by atoms with E-state index in [2.05, 4.69) is 20.5 Å². The molecular weight excluding hydrogens is 351 g/mol. The summed E-state index contributed by atoms with van der Waals surface area (Å²) in [7, 11) is 0. The summed E-state index contributed by atoms with van der Waals surface area (Å²) in [4.78, 5) is 15.9. The lowest BCUT2D eigenvalue weighted by atomic mass is 10.1. The Morgan fingerprint density at radius 2 is 2.00 bits per heavy atom. The number of esters is 1. The lowest BCUT2D eigenvalue weighted by Crippen LogP contribution is -2.10. The lowest BCUT2D eigenvalue weighted by molar-refractivity contribution is 0.0519. The van der Waals surface area contributed by atoms with Crippen molar-refractivity contribution in [3.8, 4) is 0 Å². The zero-order valence-corrected chi connectivity index (χ0v) is 15.0. The molecule has 6 nitrogen and oxygen atoms in total. The lowest BCUT2D eigenvalue weighted by Gasteiger charge is -2.09. The second-order valence-corrected chi connectivity index (χ2v) is 5.76. The van der Waals surface area contributed by atoms with E-state index < -0.39 is 5.97 Å². The number of carbonyl (C=O) groups is 1. The molecule has 0 saturated heterocycles. The van der Waals surface area contributed by atoms with Crippen molar-refractivity contribution in [2.45, 2.75) is 26.7 Å². The predicted molar refractivity (Wildman–Crippen MR) is 93.8 cm³/mol. The molecule has 24 heavy (non-hydrogen) atoms. The fraction of sp³-hybridized carbons (Fsp3) is 0.375. The number of nitrogens with zero attached hydrogens (tertiary/aromatic N) is 3. The van der Waals surface area contributed by atoms with E-state index in [1.807, 2.05) is 6.92 Å². The van der Waals surface area contributed by atoms with Gasteiger partial charge in [-0.05, 0) is 49.9 Å². The van der Waals surface area contributed by atoms with Crippen molar-refractivity contribution in [2.75, 3.05) is 18.5 Å². The zero-order chi connectivity index (χ0) is 17.5. The number of rotatable bonds is 7. The van der Waals surface area contributed by atoms with Crippen LogP contribution in [0.5, 0.6) is 0 Å². The highest BCUT2D eigenvalue weighted by Crippen LogP contribution is 2.23. The Balaban J connectivity index is 1.90. The van der Waals surface area contributed by atoms with Gasteiger partial charge in [-0.25, -0.2) is 9.78 Å². The van der Waals surface area contributed by atoms with E-state index in [0.29, 0.717) is 35.7 Å². The number of nitrogens with one attached hydrogen (secondary N) is 1. The van der Waals surface area contributed by atoms with Crippen LogP contribution in [-0.2, 0) is 11.2 Å². The standard InChI is InChI=1S/C16H18Cl2N4O2/c1-3-24-16(23)12-7-4-8-13(20-12)19-9-5-6-11-10(2)14(17)21-22-15(11)18/h4,7-8H,3,5-6,9H2,1-2H3,(H,19,20). The van der Waals surface area contributed by atoms with Gasteiger partial charge in [-0.15, -0.1) is 10.2 Å². The molecule has 0 bridgehead atoms. The fourth-order valence-corrected chi connectivity index (χ4v) is 2.55. The summed E-state index contributed by atoms with van der Waals surface area (Å²) in [5, 5.41) is 11.5. The van der Waals surface area contributed by atoms with Crippen molar-refractivity contribution >= 4 is 35.0 Å². The molecule has 1 N–H and O–H groups in total. The van der Waals surface area contributed by atoms with Crippen LogP contribution in [-0.4, -0.2) is 34.3 Å². The molecule has 0 aliphatic rings. The van der Waals surface area contributed by atoms with Crippen molar-refractivity contribution in [2.24, 2.45) is 0 Å². The van der Waals surface area contributed by atoms with Crippen LogP contribution in [0, 0.1) is 6.92 Å². The third-order valence-corrected chi connectivity index (χ3v) is 4.04. The van der Waals surface area contributed by atoms with Crippen molar-refractivity contribution < 1.29 is 9.53 Å². The van der Waals surface area contributed by atoms with E-state index in [-0.39, 0.29) is 5.69 Å². The van der Waals surface area contributed by atoms with Crippen LogP contribution in [0.1, 0.15) is 35.0 Å². The van der Waals surface area contributed by atoms with Crippen molar-refractivity contribution in [3.63, 3.8) is 0 Å². The highest BCUT2D eigenvalue weighted by Gasteiger charge is 2.11. The number of halogens is 2. The third kappa shape index (κ3) is 4.79. The molecule has 128 valence electrons. The summed E-state index contributed by atoms with van der Waals surface area (Å²) < 4.78 is 4.93. The number of hydrogen-bond donors (Lipinski definition) is 1. The van der Waals surface area contributed by atoms with Crippen LogP contribution in [0.25, 0.3) is 0 Å². The second kappa shape index (κ2) is 8.80. The van der Waals surface area contributed by atoms with Crippen molar-refractivity contribution in [3.05, 3.63) is 45.3 Å². The first kappa shape index (κ1) is 18.4. The Kier molecular flexibility index (Phi) is 6.75. The molecule has 2 aromatic rings. The van der Waals surface area contributed by atoms with Gasteiger partial charge in [0.15, 0.2) is 16.0 Å². The Morgan fingerprint density at radius 1 is 1.25 bits per heavy atom. The van der Waals surface area contributed by atoms with E-state index in [1.54, 1.807) is 25.1 Å². The highest BCUT2D eigenvalue weighted by molar-refractivity contribution is 6.32. The fourth-order valence-electron chi connectivity index (χ4n) is 2.13. The average Bonchev–Trinajstić information content (AvgIpc) is 2.58. The average molecular weight is 369 g/mol. The van der Waals surface area contributed by atoms with Gasteiger partial charge in [0, 0.05) is 6.54 Å². The normalized spacial score (nSPS) is 10.5. The molecule has 0 saturated carbocycles. The highest BCUT2D eigenvalue weighted by atomic mass is 35.5. The summed E-state index contributed by atoms with van der Waals surface area (Å²) in [6, 6.07) is 5.18. The minimum absolute atomic E-state index is 0.283. The molecular formula is C16H18Cl2N4O2. The van der Waals surface area contributed by atoms with Crippen LogP contribution in [0.15, 0.2) is 18.2 Å². The number of anilines is 1. The molecule has 0 unspecified atom stereocenters. The summed E-state index contributed by atoms with van der Waals surface area (Å²) >= 11 is 12.0. The van der Waals surface area contributed by atoms with Crippen LogP contribution < -0.4 is 5.32 Å². The number of ether oxygens (including phenoxy) is 1. The minimum atomic E-state index is -0.430. The first-order valence-corrected chi connectivity index (χ1v) is 8.33. The number of aromatic nitrogens is 3. The molecule has 2 aromatic heterocycles. The number of carbonyl (C=O) groups excluding carboxylic acids is 1. The Labute approximate surface area is 150 Å². The molecule has 2 heterocycles. The van der Waals surface area contributed by atoms with E-state index in [4.69, 9.17) is 27.9 Å². The smallest absolute Gasteiger partial charge is 0.356 e. The van der Waals surface area contributed by atoms with E-state index in [0.717, 1.165) is 17.5 Å². The maximum atomic E-state index is 11.7. The molecule has 0 aliphatic carbocycles. The molecule has 0 atom stereocenters. The molecule has 0 fully saturated rings. The van der Waals surface area contributed by atoms with Gasteiger partial charge in [0.2, 0.25) is 0 Å². The van der Waals surface area contributed by atoms with Gasteiger partial charge in [0.05, 0.1) is 6.61 Å². The number of pyridine rings is 1. The van der Waals surface area contributed by atoms with Gasteiger partial charge < -0.3 is 10.1 Å². The van der Waals surface area contributed by atoms with Gasteiger partial charge >= 0.3 is 5.97 Å². The maximum absolute atomic E-state index is 11.7. The van der Waals surface area contributed by atoms with Gasteiger partial charge in [-0.2, -0.15) is 0 Å². The topological polar surface area (TPSA) is 77.0 Å². The van der Waals surface area contributed by atoms with Crippen molar-refractivity contribution in [1.29, 1.82) is 0 Å². The SMILES string of the molecule is CCOC(=O)c1cccc(NCCCc2c(Cl)nnc(Cl)c2C)n1. The van der Waals surface area contributed by atoms with Crippen LogP contribution >= 0.6 is 23.2 Å². The van der Waals surface area contributed by atoms with Gasteiger partial charge in [-0.3, -0.25) is 0 Å². The van der Waals surface area contributed by atoms with E-state index in [1.165, 1.54) is 0 Å². The zero-order valence-electron chi connectivity index (χ0n) is 13.5. The van der Waals surface area contributed by atoms with E-state index in [9.17, 15) is 4.79 Å². The largest absolute Gasteiger partial charge is 0.461 e. The van der Waals surface area contributed by atoms with Crippen LogP contribution in [0.3, 0.4) is 0 Å². The van der Waals surface area contributed by atoms with Gasteiger partial charge in [0.25, 0.3) is 0 Å². The van der Waals surface area contributed by atoms with Crippen LogP contribution in [0.4, 0.5) is 5.82 Å². The minimum Gasteiger partial charge on any atom is -0.461 e. The Hall–Kier alpha value is -1.92. The number of hydrogen-bond acceptors (Lipinski definition) is 6. The first-order chi connectivity index (χ1) is 11.5. The van der Waals surface area contributed by atoms with Crippen molar-refractivity contribution in [1.82, 2.24) is 15.2 Å². The summed E-state index contributed by atoms with van der Waals surface area (Å²) in [6.07, 6.45) is 1.51. The maximum Gasteiger partial charge on any atom is 0.356 e. The molecule has 2 rings (SSSR count). The third-order valence-electron chi connectivity index (χ3n) is 3.38. The molecule has 0 radical (unpaired) electrons. The molecule has 8 heteroatoms. The Morgan fingerprint density at radius 3 is 2.75 bits per heavy atom. The van der Waals surface area contributed by atoms with Gasteiger partial charge in [0.1, 0.15) is 5.82 Å². The summed E-state index contributed by atoms with van der Waals surface area (Å²) in [5.74, 6) is 0.190. The molecule has 0 aromatic carbocycles. The molecule has 0 aliphatic heterocycles. The monoisotopic (exact) mass is 368 g/mol. The Bertz CT molecular complexity index is 725. The van der Waals surface area contributed by atoms with Crippen LogP contribution in [0.2, 0.25) is 10.3 Å². The quantitative estimate of drug-likeness (QED) is 0.592. The molecule has 0 amide bonds. The second-order valence-electron chi connectivity index (χ2n) is 5.04. The first-order valence-electron chi connectivity index (χ1n) is 7.58.